The first-order valence-electron chi connectivity index (χ1n) is 7.40. The number of fused-ring (bicyclic) bond motifs is 1. The van der Waals surface area contributed by atoms with Crippen LogP contribution in [0.1, 0.15) is 25.8 Å². The van der Waals surface area contributed by atoms with E-state index in [1.165, 1.54) is 12.0 Å². The van der Waals surface area contributed by atoms with E-state index in [1.54, 1.807) is 12.1 Å². The van der Waals surface area contributed by atoms with Crippen molar-refractivity contribution in [3.8, 4) is 11.5 Å². The van der Waals surface area contributed by atoms with E-state index in [4.69, 9.17) is 14.6 Å². The second kappa shape index (κ2) is 6.87. The smallest absolute Gasteiger partial charge is 0.305 e. The number of aliphatic hydroxyl groups is 1. The van der Waals surface area contributed by atoms with E-state index in [-0.39, 0.29) is 31.4 Å². The summed E-state index contributed by atoms with van der Waals surface area (Å²) >= 11 is 0. The lowest BCUT2D eigenvalue weighted by Crippen LogP contribution is -2.49. The third-order valence-electron chi connectivity index (χ3n) is 3.70. The molecule has 1 unspecified atom stereocenters. The number of methoxy groups -OCH3 is 1. The minimum absolute atomic E-state index is 0.0335. The van der Waals surface area contributed by atoms with Gasteiger partial charge in [-0.05, 0) is 23.6 Å². The van der Waals surface area contributed by atoms with Gasteiger partial charge in [0.25, 0.3) is 5.91 Å². The van der Waals surface area contributed by atoms with E-state index in [9.17, 15) is 14.7 Å². The van der Waals surface area contributed by atoms with Gasteiger partial charge in [-0.2, -0.15) is 0 Å². The van der Waals surface area contributed by atoms with Gasteiger partial charge in [-0.15, -0.1) is 0 Å². The molecule has 1 aliphatic rings. The first kappa shape index (κ1) is 17.1. The molecule has 0 fully saturated rings. The van der Waals surface area contributed by atoms with E-state index >= 15 is 0 Å². The zero-order valence-electron chi connectivity index (χ0n) is 13.4. The van der Waals surface area contributed by atoms with Crippen molar-refractivity contribution in [3.63, 3.8) is 0 Å². The van der Waals surface area contributed by atoms with Crippen LogP contribution in [0.3, 0.4) is 0 Å². The summed E-state index contributed by atoms with van der Waals surface area (Å²) in [5, 5.41) is 18.3. The molecule has 2 N–H and O–H groups in total. The molecule has 1 aliphatic heterocycles. The number of hydrogen-bond acceptors (Lipinski definition) is 5. The number of hydrogen-bond donors (Lipinski definition) is 2. The summed E-state index contributed by atoms with van der Waals surface area (Å²) in [6.07, 6.45) is -0.882. The van der Waals surface area contributed by atoms with Crippen molar-refractivity contribution in [1.82, 2.24) is 0 Å². The highest BCUT2D eigenvalue weighted by molar-refractivity contribution is 6.01. The number of nitrogens with zero attached hydrogens (tertiary/aromatic N) is 1. The van der Waals surface area contributed by atoms with Crippen LogP contribution >= 0.6 is 0 Å². The van der Waals surface area contributed by atoms with Crippen LogP contribution in [0.25, 0.3) is 0 Å². The number of amides is 1. The maximum absolute atomic E-state index is 12.6. The average Bonchev–Trinajstić information content (AvgIpc) is 2.51. The van der Waals surface area contributed by atoms with Gasteiger partial charge in [-0.1, -0.05) is 13.8 Å². The summed E-state index contributed by atoms with van der Waals surface area (Å²) in [5.41, 5.74) is 0.983. The monoisotopic (exact) mass is 323 g/mol. The van der Waals surface area contributed by atoms with Gasteiger partial charge in [0.05, 0.1) is 25.8 Å². The van der Waals surface area contributed by atoms with Gasteiger partial charge >= 0.3 is 5.97 Å². The zero-order valence-corrected chi connectivity index (χ0v) is 13.4. The minimum Gasteiger partial charge on any atom is -0.493 e. The summed E-state index contributed by atoms with van der Waals surface area (Å²) in [4.78, 5) is 24.9. The average molecular weight is 323 g/mol. The van der Waals surface area contributed by atoms with Gasteiger partial charge in [0.2, 0.25) is 0 Å². The van der Waals surface area contributed by atoms with Crippen molar-refractivity contribution in [2.24, 2.45) is 5.92 Å². The number of rotatable bonds is 6. The molecule has 0 aromatic heterocycles. The SMILES string of the molecule is COc1cc(CO)cc2c1OC(C(C)C)C(=O)N2CCC(=O)O. The van der Waals surface area contributed by atoms with Crippen LogP contribution in [0.2, 0.25) is 0 Å². The number of benzene rings is 1. The van der Waals surface area contributed by atoms with Crippen molar-refractivity contribution in [2.75, 3.05) is 18.6 Å². The maximum Gasteiger partial charge on any atom is 0.305 e. The number of carboxylic acid groups (broad SMARTS) is 1. The van der Waals surface area contributed by atoms with Crippen LogP contribution in [0, 0.1) is 5.92 Å². The Morgan fingerprint density at radius 3 is 2.65 bits per heavy atom. The van der Waals surface area contributed by atoms with Gasteiger partial charge in [-0.3, -0.25) is 9.59 Å². The highest BCUT2D eigenvalue weighted by Crippen LogP contribution is 2.43. The minimum atomic E-state index is -0.989. The molecule has 0 saturated carbocycles. The van der Waals surface area contributed by atoms with E-state index in [2.05, 4.69) is 0 Å². The Balaban J connectivity index is 2.52. The van der Waals surface area contributed by atoms with Crippen LogP contribution in [0.5, 0.6) is 11.5 Å². The Morgan fingerprint density at radius 2 is 2.13 bits per heavy atom. The highest BCUT2D eigenvalue weighted by Gasteiger charge is 2.38. The quantitative estimate of drug-likeness (QED) is 0.822. The second-order valence-corrected chi connectivity index (χ2v) is 5.72. The summed E-state index contributed by atoms with van der Waals surface area (Å²) in [6.45, 7) is 3.53. The molecule has 0 aliphatic carbocycles. The number of anilines is 1. The van der Waals surface area contributed by atoms with E-state index in [0.29, 0.717) is 22.7 Å². The fraction of sp³-hybridized carbons (Fsp3) is 0.500. The molecule has 23 heavy (non-hydrogen) atoms. The lowest BCUT2D eigenvalue weighted by atomic mass is 10.0. The zero-order chi connectivity index (χ0) is 17.1. The summed E-state index contributed by atoms with van der Waals surface area (Å²) < 4.78 is 11.1. The van der Waals surface area contributed by atoms with Crippen molar-refractivity contribution in [2.45, 2.75) is 33.0 Å². The first-order valence-corrected chi connectivity index (χ1v) is 7.40. The van der Waals surface area contributed by atoms with Crippen LogP contribution in [-0.4, -0.2) is 41.8 Å². The third-order valence-corrected chi connectivity index (χ3v) is 3.70. The fourth-order valence-corrected chi connectivity index (χ4v) is 2.51. The topological polar surface area (TPSA) is 96.3 Å². The molecule has 1 aromatic rings. The van der Waals surface area contributed by atoms with Crippen LogP contribution < -0.4 is 14.4 Å². The molecule has 1 atom stereocenters. The third kappa shape index (κ3) is 3.39. The fourth-order valence-electron chi connectivity index (χ4n) is 2.51. The molecule has 0 saturated heterocycles. The molecule has 1 amide bonds. The standard InChI is InChI=1S/C16H21NO6/c1-9(2)14-16(21)17(5-4-13(19)20)11-6-10(8-18)7-12(22-3)15(11)23-14/h6-7,9,14,18H,4-5,8H2,1-3H3,(H,19,20). The van der Waals surface area contributed by atoms with Crippen molar-refractivity contribution in [3.05, 3.63) is 17.7 Å². The maximum atomic E-state index is 12.6. The molecular weight excluding hydrogens is 302 g/mol. The second-order valence-electron chi connectivity index (χ2n) is 5.72. The molecule has 0 spiro atoms. The molecule has 126 valence electrons. The summed E-state index contributed by atoms with van der Waals surface area (Å²) in [5.74, 6) is -0.549. The number of carbonyl (C=O) groups excluding carboxylic acids is 1. The lowest BCUT2D eigenvalue weighted by molar-refractivity contribution is -0.136. The number of aliphatic carboxylic acids is 1. The number of carbonyl (C=O) groups is 2. The molecular formula is C16H21NO6. The molecule has 0 radical (unpaired) electrons. The van der Waals surface area contributed by atoms with Crippen LogP contribution in [-0.2, 0) is 16.2 Å². The van der Waals surface area contributed by atoms with Gasteiger partial charge in [0.15, 0.2) is 17.6 Å². The highest BCUT2D eigenvalue weighted by atomic mass is 16.5. The summed E-state index contributed by atoms with van der Waals surface area (Å²) in [7, 11) is 1.47. The van der Waals surface area contributed by atoms with E-state index in [0.717, 1.165) is 0 Å². The molecule has 1 heterocycles. The number of aliphatic hydroxyl groups excluding tert-OH is 1. The molecule has 7 nitrogen and oxygen atoms in total. The molecule has 0 bridgehead atoms. The Bertz CT molecular complexity index is 613. The van der Waals surface area contributed by atoms with Crippen molar-refractivity contribution < 1.29 is 29.3 Å². The van der Waals surface area contributed by atoms with E-state index < -0.39 is 12.1 Å². The Morgan fingerprint density at radius 1 is 1.43 bits per heavy atom. The van der Waals surface area contributed by atoms with Gasteiger partial charge in [0, 0.05) is 6.54 Å². The van der Waals surface area contributed by atoms with Crippen LogP contribution in [0.4, 0.5) is 5.69 Å². The molecule has 2 rings (SSSR count). The largest absolute Gasteiger partial charge is 0.493 e. The number of carboxylic acids is 1. The van der Waals surface area contributed by atoms with E-state index in [1.807, 2.05) is 13.8 Å². The first-order chi connectivity index (χ1) is 10.9. The Kier molecular flexibility index (Phi) is 5.10. The predicted molar refractivity (Wildman–Crippen MR) is 82.8 cm³/mol. The number of ether oxygens (including phenoxy) is 2. The lowest BCUT2D eigenvalue weighted by Gasteiger charge is -2.36. The van der Waals surface area contributed by atoms with Crippen molar-refractivity contribution >= 4 is 17.6 Å². The van der Waals surface area contributed by atoms with Gasteiger partial charge in [0.1, 0.15) is 0 Å². The van der Waals surface area contributed by atoms with Gasteiger partial charge < -0.3 is 24.6 Å². The Labute approximate surface area is 134 Å². The van der Waals surface area contributed by atoms with Gasteiger partial charge in [-0.25, -0.2) is 0 Å². The normalized spacial score (nSPS) is 17.0. The predicted octanol–water partition coefficient (Wildman–Crippen LogP) is 1.41. The Hall–Kier alpha value is -2.28. The molecule has 7 heteroatoms. The van der Waals surface area contributed by atoms with Crippen molar-refractivity contribution in [1.29, 1.82) is 0 Å². The molecule has 1 aromatic carbocycles. The summed E-state index contributed by atoms with van der Waals surface area (Å²) in [6, 6.07) is 3.26. The van der Waals surface area contributed by atoms with Crippen LogP contribution in [0.15, 0.2) is 12.1 Å².